The molecule has 8 aromatic rings. The van der Waals surface area contributed by atoms with Crippen LogP contribution in [0.2, 0.25) is 0 Å². The average molecular weight is 955 g/mol. The van der Waals surface area contributed by atoms with Gasteiger partial charge < -0.3 is 9.90 Å². The summed E-state index contributed by atoms with van der Waals surface area (Å²) >= 11 is 0. The molecule has 0 fully saturated rings. The first kappa shape index (κ1) is 39.0. The van der Waals surface area contributed by atoms with Gasteiger partial charge in [0.2, 0.25) is 0 Å². The Morgan fingerprint density at radius 3 is 0.942 bits per heavy atom. The van der Waals surface area contributed by atoms with Gasteiger partial charge in [-0.1, -0.05) is 194 Å². The monoisotopic (exact) mass is 954 g/mol. The summed E-state index contributed by atoms with van der Waals surface area (Å²) in [7, 11) is -1.70. The predicted octanol–water partition coefficient (Wildman–Crippen LogP) is 8.51. The molecule has 0 saturated heterocycles. The molecule has 52 heavy (non-hydrogen) atoms. The van der Waals surface area contributed by atoms with Crippen LogP contribution in [0.5, 0.6) is 0 Å². The molecule has 0 saturated carbocycles. The topological polar surface area (TPSA) is 40.1 Å². The van der Waals surface area contributed by atoms with Gasteiger partial charge in [-0.2, -0.15) is 0 Å². The molecule has 1 radical (unpaired) electrons. The Bertz CT molecular complexity index is 2130. The van der Waals surface area contributed by atoms with Crippen LogP contribution < -0.4 is 36.9 Å². The Kier molecular flexibility index (Phi) is 13.8. The number of rotatable bonds is 7. The number of halogens is 1. The fourth-order valence-corrected chi connectivity index (χ4v) is 11.5. The van der Waals surface area contributed by atoms with E-state index in [9.17, 15) is 0 Å². The van der Waals surface area contributed by atoms with E-state index in [1.54, 1.807) is 0 Å². The van der Waals surface area contributed by atoms with Crippen molar-refractivity contribution >= 4 is 92.2 Å². The number of benzene rings is 8. The molecule has 0 unspecified atom stereocenters. The summed E-state index contributed by atoms with van der Waals surface area (Å²) in [6.07, 6.45) is 0. The number of carbonyl (C=O) groups is 1. The third-order valence-electron chi connectivity index (χ3n) is 8.60. The van der Waals surface area contributed by atoms with Crippen LogP contribution >= 0.6 is 32.8 Å². The average Bonchev–Trinajstić information content (AvgIpc) is 3.16. The third kappa shape index (κ3) is 8.51. The minimum Gasteiger partial charge on any atom is -0.550 e. The molecule has 2 nitrogen and oxygen atoms in total. The number of aliphatic carboxylic acids is 1. The van der Waals surface area contributed by atoms with Gasteiger partial charge in [0.1, 0.15) is 0 Å². The van der Waals surface area contributed by atoms with Crippen molar-refractivity contribution in [1.82, 2.24) is 0 Å². The SMILES string of the molecule is Br.CC(=O)[O-].[Ir].c1ccc(P(c2ccccc2)c2ccc3ccccc3c2-c2c(P(c3ccccc3)c3ccccc3)ccc3ccccc23)cc1. The van der Waals surface area contributed by atoms with Gasteiger partial charge >= 0.3 is 0 Å². The molecular weight excluding hydrogens is 919 g/mol. The number of carbonyl (C=O) groups excluding carboxylic acids is 1. The molecule has 0 amide bonds. The first-order valence-corrected chi connectivity index (χ1v) is 19.3. The molecule has 0 bridgehead atoms. The van der Waals surface area contributed by atoms with E-state index in [1.165, 1.54) is 64.5 Å². The molecule has 0 atom stereocenters. The molecule has 0 N–H and O–H groups in total. The van der Waals surface area contributed by atoms with Gasteiger partial charge in [-0.15, -0.1) is 17.0 Å². The second kappa shape index (κ2) is 18.5. The minimum absolute atomic E-state index is 0. The number of carboxylic acids is 1. The van der Waals surface area contributed by atoms with Crippen molar-refractivity contribution in [2.75, 3.05) is 0 Å². The summed E-state index contributed by atoms with van der Waals surface area (Å²) in [4.78, 5) is 8.89. The zero-order valence-electron chi connectivity index (χ0n) is 28.4. The van der Waals surface area contributed by atoms with E-state index < -0.39 is 21.8 Å². The fraction of sp³-hybridized carbons (Fsp3) is 0.0217. The molecule has 0 aromatic heterocycles. The van der Waals surface area contributed by atoms with E-state index in [0.29, 0.717) is 0 Å². The molecular formula is C46H36BrIrO2P2-. The van der Waals surface area contributed by atoms with Crippen LogP contribution in [0.15, 0.2) is 194 Å². The van der Waals surface area contributed by atoms with Gasteiger partial charge in [0, 0.05) is 26.1 Å². The normalized spacial score (nSPS) is 10.6. The molecule has 0 aliphatic rings. The van der Waals surface area contributed by atoms with E-state index >= 15 is 0 Å². The van der Waals surface area contributed by atoms with Crippen molar-refractivity contribution in [1.29, 1.82) is 0 Å². The summed E-state index contributed by atoms with van der Waals surface area (Å²) in [5, 5.41) is 22.2. The van der Waals surface area contributed by atoms with Crippen molar-refractivity contribution in [3.8, 4) is 11.1 Å². The van der Waals surface area contributed by atoms with Crippen molar-refractivity contribution in [2.45, 2.75) is 6.92 Å². The van der Waals surface area contributed by atoms with Crippen molar-refractivity contribution in [3.63, 3.8) is 0 Å². The largest absolute Gasteiger partial charge is 0.550 e. The molecule has 0 heterocycles. The van der Waals surface area contributed by atoms with Gasteiger partial charge in [0.05, 0.1) is 0 Å². The summed E-state index contributed by atoms with van der Waals surface area (Å²) in [6.45, 7) is 0.972. The van der Waals surface area contributed by atoms with Crippen LogP contribution in [0.3, 0.4) is 0 Å². The van der Waals surface area contributed by atoms with Gasteiger partial charge in [-0.05, 0) is 87.3 Å². The number of hydrogen-bond acceptors (Lipinski definition) is 2. The standard InChI is InChI=1S/C44H32P2.C2H4O2.BrH.Ir/c1-5-19-35(20-6-1)45(36-21-7-2-8-22-36)41-31-29-33-17-13-15-27-39(33)43(41)44-40-28-16-14-18-34(40)30-32-42(44)46(37-23-9-3-10-24-37)38-25-11-4-12-26-38;1-2(3)4;;/h1-32H;1H3,(H,3,4);1H;/p-1. The van der Waals surface area contributed by atoms with Crippen LogP contribution in [0, 0.1) is 0 Å². The summed E-state index contributed by atoms with van der Waals surface area (Å²) in [5.74, 6) is -1.08. The van der Waals surface area contributed by atoms with Crippen molar-refractivity contribution < 1.29 is 30.0 Å². The number of carboxylic acid groups (broad SMARTS) is 1. The molecule has 0 aliphatic heterocycles. The maximum Gasteiger partial charge on any atom is 0.0383 e. The minimum atomic E-state index is -1.08. The Balaban J connectivity index is 0.000000830. The Morgan fingerprint density at radius 2 is 0.654 bits per heavy atom. The summed E-state index contributed by atoms with van der Waals surface area (Å²) < 4.78 is 0. The maximum atomic E-state index is 8.89. The second-order valence-electron chi connectivity index (χ2n) is 11.9. The van der Waals surface area contributed by atoms with E-state index in [2.05, 4.69) is 194 Å². The predicted molar refractivity (Wildman–Crippen MR) is 225 cm³/mol. The zero-order chi connectivity index (χ0) is 34.3. The smallest absolute Gasteiger partial charge is 0.0383 e. The van der Waals surface area contributed by atoms with Gasteiger partial charge in [-0.25, -0.2) is 0 Å². The van der Waals surface area contributed by atoms with E-state index in [-0.39, 0.29) is 37.1 Å². The van der Waals surface area contributed by atoms with Crippen molar-refractivity contribution in [3.05, 3.63) is 194 Å². The first-order chi connectivity index (χ1) is 24.6. The van der Waals surface area contributed by atoms with Crippen LogP contribution in [-0.4, -0.2) is 5.97 Å². The number of hydrogen-bond donors (Lipinski definition) is 0. The first-order valence-electron chi connectivity index (χ1n) is 16.6. The van der Waals surface area contributed by atoms with E-state index in [1.807, 2.05) is 0 Å². The zero-order valence-corrected chi connectivity index (χ0v) is 34.3. The molecule has 6 heteroatoms. The number of fused-ring (bicyclic) bond motifs is 2. The maximum absolute atomic E-state index is 8.89. The third-order valence-corrected chi connectivity index (χ3v) is 13.6. The van der Waals surface area contributed by atoms with E-state index in [0.717, 1.165) is 6.92 Å². The molecule has 259 valence electrons. The van der Waals surface area contributed by atoms with Crippen molar-refractivity contribution in [2.24, 2.45) is 0 Å². The van der Waals surface area contributed by atoms with Gasteiger partial charge in [0.15, 0.2) is 0 Å². The molecule has 0 spiro atoms. The van der Waals surface area contributed by atoms with E-state index in [4.69, 9.17) is 9.90 Å². The summed E-state index contributed by atoms with van der Waals surface area (Å²) in [6, 6.07) is 71.8. The molecule has 8 rings (SSSR count). The van der Waals surface area contributed by atoms with Crippen LogP contribution in [-0.2, 0) is 24.9 Å². The van der Waals surface area contributed by atoms with Gasteiger partial charge in [-0.3, -0.25) is 0 Å². The van der Waals surface area contributed by atoms with Crippen LogP contribution in [0.1, 0.15) is 6.92 Å². The fourth-order valence-electron chi connectivity index (χ4n) is 6.58. The molecule has 8 aromatic carbocycles. The molecule has 0 aliphatic carbocycles. The quantitative estimate of drug-likeness (QED) is 0.151. The van der Waals surface area contributed by atoms with Crippen LogP contribution in [0.4, 0.5) is 0 Å². The van der Waals surface area contributed by atoms with Gasteiger partial charge in [0.25, 0.3) is 0 Å². The Hall–Kier alpha value is -4.26. The second-order valence-corrected chi connectivity index (χ2v) is 16.2. The Labute approximate surface area is 332 Å². The van der Waals surface area contributed by atoms with Crippen LogP contribution in [0.25, 0.3) is 32.7 Å². The summed E-state index contributed by atoms with van der Waals surface area (Å²) in [5.41, 5.74) is 2.70. The Morgan fingerprint density at radius 1 is 0.404 bits per heavy atom.